The number of rotatable bonds is 1. The molecule has 16 heavy (non-hydrogen) atoms. The van der Waals surface area contributed by atoms with E-state index in [-0.39, 0.29) is 0 Å². The van der Waals surface area contributed by atoms with Crippen molar-refractivity contribution in [2.45, 2.75) is 0 Å². The summed E-state index contributed by atoms with van der Waals surface area (Å²) in [5.74, 6) is 0.435. The Hall–Kier alpha value is -2.12. The molecule has 8 heteroatoms. The summed E-state index contributed by atoms with van der Waals surface area (Å²) in [5.41, 5.74) is -0.453. The number of anilines is 1. The van der Waals surface area contributed by atoms with Crippen LogP contribution in [0.15, 0.2) is 11.1 Å². The topological polar surface area (TPSA) is 102 Å². The molecule has 2 rings (SSSR count). The highest BCUT2D eigenvalue weighted by Gasteiger charge is 2.21. The van der Waals surface area contributed by atoms with Gasteiger partial charge in [-0.1, -0.05) is 0 Å². The largest absolute Gasteiger partial charge is 0.465 e. The molecule has 0 spiro atoms. The summed E-state index contributed by atoms with van der Waals surface area (Å²) in [4.78, 5) is 34.6. The first-order valence-corrected chi connectivity index (χ1v) is 4.81. The Morgan fingerprint density at radius 3 is 2.56 bits per heavy atom. The normalized spacial score (nSPS) is 16.2. The van der Waals surface area contributed by atoms with Gasteiger partial charge in [0, 0.05) is 26.2 Å². The summed E-state index contributed by atoms with van der Waals surface area (Å²) in [6, 6.07) is 0. The number of nitrogens with one attached hydrogen (secondary N) is 1. The fourth-order valence-corrected chi connectivity index (χ4v) is 1.57. The van der Waals surface area contributed by atoms with Gasteiger partial charge in [0.15, 0.2) is 0 Å². The quantitative estimate of drug-likeness (QED) is 0.633. The standard InChI is InChI=1S/C8H11N5O3/c14-7-10-5-9-6(11-7)12-1-3-13(4-2-12)8(15)16/h5H,1-4H2,(H,15,16)(H,9,10,11,14). The van der Waals surface area contributed by atoms with Crippen LogP contribution >= 0.6 is 0 Å². The minimum atomic E-state index is -0.921. The molecule has 1 aromatic rings. The maximum Gasteiger partial charge on any atom is 0.407 e. The van der Waals surface area contributed by atoms with Crippen molar-refractivity contribution in [3.05, 3.63) is 16.8 Å². The number of amides is 1. The van der Waals surface area contributed by atoms with Crippen LogP contribution in [0.1, 0.15) is 0 Å². The number of aromatic amines is 1. The summed E-state index contributed by atoms with van der Waals surface area (Å²) < 4.78 is 0. The smallest absolute Gasteiger partial charge is 0.407 e. The van der Waals surface area contributed by atoms with Gasteiger partial charge >= 0.3 is 11.8 Å². The number of aromatic nitrogens is 3. The minimum absolute atomic E-state index is 0.404. The van der Waals surface area contributed by atoms with Crippen molar-refractivity contribution in [2.24, 2.45) is 0 Å². The van der Waals surface area contributed by atoms with E-state index in [4.69, 9.17) is 5.11 Å². The van der Waals surface area contributed by atoms with E-state index in [2.05, 4.69) is 15.0 Å². The number of carbonyl (C=O) groups is 1. The van der Waals surface area contributed by atoms with Crippen molar-refractivity contribution in [3.8, 4) is 0 Å². The molecule has 8 nitrogen and oxygen atoms in total. The SMILES string of the molecule is O=C(O)N1CCN(c2ncnc(=O)[nH]2)CC1. The molecule has 1 amide bonds. The summed E-state index contributed by atoms with van der Waals surface area (Å²) >= 11 is 0. The molecule has 1 saturated heterocycles. The van der Waals surface area contributed by atoms with Gasteiger partial charge in [0.1, 0.15) is 6.33 Å². The van der Waals surface area contributed by atoms with Gasteiger partial charge in [0.25, 0.3) is 0 Å². The number of piperazine rings is 1. The van der Waals surface area contributed by atoms with Gasteiger partial charge in [0.05, 0.1) is 0 Å². The Morgan fingerprint density at radius 1 is 1.31 bits per heavy atom. The third kappa shape index (κ3) is 2.10. The molecule has 0 saturated carbocycles. The maximum absolute atomic E-state index is 11.0. The zero-order valence-electron chi connectivity index (χ0n) is 8.46. The fourth-order valence-electron chi connectivity index (χ4n) is 1.57. The molecule has 0 atom stereocenters. The fraction of sp³-hybridized carbons (Fsp3) is 0.500. The van der Waals surface area contributed by atoms with E-state index >= 15 is 0 Å². The molecule has 0 bridgehead atoms. The second-order valence-electron chi connectivity index (χ2n) is 3.38. The summed E-state index contributed by atoms with van der Waals surface area (Å²) in [6.45, 7) is 1.83. The average molecular weight is 225 g/mol. The summed E-state index contributed by atoms with van der Waals surface area (Å²) in [6.07, 6.45) is 0.272. The Morgan fingerprint density at radius 2 is 2.00 bits per heavy atom. The monoisotopic (exact) mass is 225 g/mol. The van der Waals surface area contributed by atoms with Crippen LogP contribution in [-0.2, 0) is 0 Å². The van der Waals surface area contributed by atoms with Crippen molar-refractivity contribution >= 4 is 12.0 Å². The summed E-state index contributed by atoms with van der Waals surface area (Å²) in [5, 5.41) is 8.76. The number of carboxylic acid groups (broad SMARTS) is 1. The van der Waals surface area contributed by atoms with Crippen molar-refractivity contribution in [2.75, 3.05) is 31.1 Å². The molecular weight excluding hydrogens is 214 g/mol. The molecular formula is C8H11N5O3. The molecule has 0 radical (unpaired) electrons. The van der Waals surface area contributed by atoms with E-state index in [9.17, 15) is 9.59 Å². The number of H-pyrrole nitrogens is 1. The number of hydrogen-bond donors (Lipinski definition) is 2. The van der Waals surface area contributed by atoms with Gasteiger partial charge in [-0.15, -0.1) is 0 Å². The Labute approximate surface area is 90.5 Å². The van der Waals surface area contributed by atoms with E-state index in [1.54, 1.807) is 0 Å². The zero-order chi connectivity index (χ0) is 11.5. The van der Waals surface area contributed by atoms with E-state index in [1.165, 1.54) is 11.2 Å². The van der Waals surface area contributed by atoms with Crippen LogP contribution < -0.4 is 10.6 Å². The second-order valence-corrected chi connectivity index (χ2v) is 3.38. The van der Waals surface area contributed by atoms with Crippen LogP contribution in [0.5, 0.6) is 0 Å². The van der Waals surface area contributed by atoms with Crippen LogP contribution in [0.3, 0.4) is 0 Å². The Kier molecular flexibility index (Phi) is 2.71. The molecule has 0 aliphatic carbocycles. The van der Waals surface area contributed by atoms with E-state index in [1.807, 2.05) is 4.90 Å². The number of hydrogen-bond acceptors (Lipinski definition) is 5. The predicted molar refractivity (Wildman–Crippen MR) is 54.5 cm³/mol. The second kappa shape index (κ2) is 4.17. The highest BCUT2D eigenvalue weighted by molar-refractivity contribution is 5.65. The third-order valence-corrected chi connectivity index (χ3v) is 2.42. The zero-order valence-corrected chi connectivity index (χ0v) is 8.46. The molecule has 2 heterocycles. The summed E-state index contributed by atoms with van der Waals surface area (Å²) in [7, 11) is 0. The molecule has 0 aromatic carbocycles. The average Bonchev–Trinajstić information content (AvgIpc) is 2.29. The van der Waals surface area contributed by atoms with E-state index in [0.29, 0.717) is 32.1 Å². The Bertz CT molecular complexity index is 437. The third-order valence-electron chi connectivity index (χ3n) is 2.42. The van der Waals surface area contributed by atoms with E-state index < -0.39 is 11.8 Å². The van der Waals surface area contributed by atoms with Crippen LogP contribution in [0.2, 0.25) is 0 Å². The van der Waals surface area contributed by atoms with Gasteiger partial charge in [0.2, 0.25) is 5.95 Å². The lowest BCUT2D eigenvalue weighted by molar-refractivity contribution is 0.142. The Balaban J connectivity index is 2.04. The van der Waals surface area contributed by atoms with Gasteiger partial charge in [-0.05, 0) is 0 Å². The van der Waals surface area contributed by atoms with Gasteiger partial charge in [-0.3, -0.25) is 4.98 Å². The van der Waals surface area contributed by atoms with Crippen LogP contribution in [0, 0.1) is 0 Å². The van der Waals surface area contributed by atoms with Gasteiger partial charge < -0.3 is 14.9 Å². The van der Waals surface area contributed by atoms with Crippen molar-refractivity contribution in [1.82, 2.24) is 19.9 Å². The first kappa shape index (κ1) is 10.4. The molecule has 1 fully saturated rings. The first-order chi connectivity index (χ1) is 7.66. The van der Waals surface area contributed by atoms with Crippen molar-refractivity contribution in [3.63, 3.8) is 0 Å². The van der Waals surface area contributed by atoms with Gasteiger partial charge in [-0.2, -0.15) is 4.98 Å². The van der Waals surface area contributed by atoms with Crippen LogP contribution in [0.4, 0.5) is 10.7 Å². The van der Waals surface area contributed by atoms with Gasteiger partial charge in [-0.25, -0.2) is 14.6 Å². The molecule has 2 N–H and O–H groups in total. The molecule has 0 unspecified atom stereocenters. The van der Waals surface area contributed by atoms with Crippen LogP contribution in [0.25, 0.3) is 0 Å². The molecule has 1 aliphatic heterocycles. The molecule has 86 valence electrons. The van der Waals surface area contributed by atoms with Crippen molar-refractivity contribution < 1.29 is 9.90 Å². The predicted octanol–water partition coefficient (Wildman–Crippen LogP) is -1.04. The molecule has 1 aromatic heterocycles. The van der Waals surface area contributed by atoms with Crippen molar-refractivity contribution in [1.29, 1.82) is 0 Å². The lowest BCUT2D eigenvalue weighted by atomic mass is 10.3. The lowest BCUT2D eigenvalue weighted by Crippen LogP contribution is -2.49. The lowest BCUT2D eigenvalue weighted by Gasteiger charge is -2.33. The first-order valence-electron chi connectivity index (χ1n) is 4.81. The highest BCUT2D eigenvalue weighted by atomic mass is 16.4. The minimum Gasteiger partial charge on any atom is -0.465 e. The highest BCUT2D eigenvalue weighted by Crippen LogP contribution is 2.07. The van der Waals surface area contributed by atoms with Crippen LogP contribution in [-0.4, -0.2) is 57.2 Å². The van der Waals surface area contributed by atoms with E-state index in [0.717, 1.165) is 0 Å². The molecule has 1 aliphatic rings. The number of nitrogens with zero attached hydrogens (tertiary/aromatic N) is 4. The maximum atomic E-state index is 11.0.